The number of aromatic nitrogens is 1. The molecule has 1 N–H and O–H groups in total. The molecule has 1 aliphatic carbocycles. The quantitative estimate of drug-likeness (QED) is 0.802. The van der Waals surface area contributed by atoms with E-state index < -0.39 is 0 Å². The van der Waals surface area contributed by atoms with Crippen molar-refractivity contribution in [3.8, 4) is 0 Å². The van der Waals surface area contributed by atoms with Crippen LogP contribution in [-0.4, -0.2) is 4.98 Å². The van der Waals surface area contributed by atoms with Gasteiger partial charge in [0.1, 0.15) is 0 Å². The van der Waals surface area contributed by atoms with Gasteiger partial charge in [0.15, 0.2) is 5.13 Å². The second-order valence-electron chi connectivity index (χ2n) is 3.76. The maximum Gasteiger partial charge on any atom is 0.187 e. The Kier molecular flexibility index (Phi) is 2.68. The van der Waals surface area contributed by atoms with E-state index in [9.17, 15) is 0 Å². The van der Waals surface area contributed by atoms with Gasteiger partial charge in [-0.3, -0.25) is 0 Å². The summed E-state index contributed by atoms with van der Waals surface area (Å²) in [5.41, 5.74) is 2.61. The molecule has 74 valence electrons. The van der Waals surface area contributed by atoms with E-state index in [0.29, 0.717) is 5.92 Å². The smallest absolute Gasteiger partial charge is 0.187 e. The van der Waals surface area contributed by atoms with Crippen LogP contribution in [0.2, 0.25) is 0 Å². The monoisotopic (exact) mass is 206 g/mol. The first-order chi connectivity index (χ1) is 6.74. The predicted octanol–water partition coefficient (Wildman–Crippen LogP) is 3.43. The molecule has 14 heavy (non-hydrogen) atoms. The van der Waals surface area contributed by atoms with Crippen molar-refractivity contribution in [3.63, 3.8) is 0 Å². The zero-order valence-corrected chi connectivity index (χ0v) is 9.27. The van der Waals surface area contributed by atoms with Crippen LogP contribution in [0, 0.1) is 5.92 Å². The molecule has 1 aromatic heterocycles. The van der Waals surface area contributed by atoms with E-state index in [1.807, 2.05) is 11.6 Å². The summed E-state index contributed by atoms with van der Waals surface area (Å²) in [6.45, 7) is 4.41. The van der Waals surface area contributed by atoms with Gasteiger partial charge in [-0.25, -0.2) is 4.98 Å². The normalized spacial score (nSPS) is 21.4. The number of hydrogen-bond acceptors (Lipinski definition) is 3. The number of rotatable bonds is 2. The van der Waals surface area contributed by atoms with E-state index in [-0.39, 0.29) is 0 Å². The van der Waals surface area contributed by atoms with E-state index in [1.165, 1.54) is 17.7 Å². The zero-order valence-electron chi connectivity index (χ0n) is 8.45. The van der Waals surface area contributed by atoms with Crippen LogP contribution in [0.4, 0.5) is 5.13 Å². The standard InChI is InChI=1S/C11H14N2S/c1-8-5-9(2)7-10(6-8)13-11-12-3-4-14-11/h3-4,6-8H,5H2,1-2H3,(H,12,13). The first-order valence-corrected chi connectivity index (χ1v) is 5.67. The third-order valence-corrected chi connectivity index (χ3v) is 2.88. The van der Waals surface area contributed by atoms with Gasteiger partial charge >= 0.3 is 0 Å². The molecular weight excluding hydrogens is 192 g/mol. The second-order valence-corrected chi connectivity index (χ2v) is 4.65. The Morgan fingerprint density at radius 3 is 3.07 bits per heavy atom. The lowest BCUT2D eigenvalue weighted by Crippen LogP contribution is -2.05. The summed E-state index contributed by atoms with van der Waals surface area (Å²) in [6.07, 6.45) is 7.44. The highest BCUT2D eigenvalue weighted by Gasteiger charge is 2.08. The average Bonchev–Trinajstić information content (AvgIpc) is 2.54. The van der Waals surface area contributed by atoms with Gasteiger partial charge in [0.2, 0.25) is 0 Å². The zero-order chi connectivity index (χ0) is 9.97. The summed E-state index contributed by atoms with van der Waals surface area (Å²) in [7, 11) is 0. The van der Waals surface area contributed by atoms with Gasteiger partial charge in [0.25, 0.3) is 0 Å². The molecule has 0 radical (unpaired) electrons. The Bertz CT molecular complexity index is 363. The minimum atomic E-state index is 0.627. The van der Waals surface area contributed by atoms with E-state index in [2.05, 4.69) is 36.3 Å². The summed E-state index contributed by atoms with van der Waals surface area (Å²) in [4.78, 5) is 4.20. The highest BCUT2D eigenvalue weighted by Crippen LogP contribution is 2.23. The third-order valence-electron chi connectivity index (χ3n) is 2.19. The van der Waals surface area contributed by atoms with Gasteiger partial charge in [-0.2, -0.15) is 0 Å². The predicted molar refractivity (Wildman–Crippen MR) is 61.4 cm³/mol. The first kappa shape index (κ1) is 9.46. The maximum atomic E-state index is 4.20. The summed E-state index contributed by atoms with van der Waals surface area (Å²) >= 11 is 1.63. The summed E-state index contributed by atoms with van der Waals surface area (Å²) < 4.78 is 0. The van der Waals surface area contributed by atoms with Gasteiger partial charge in [-0.15, -0.1) is 11.3 Å². The number of anilines is 1. The van der Waals surface area contributed by atoms with Crippen molar-refractivity contribution in [2.75, 3.05) is 5.32 Å². The Labute approximate surface area is 88.4 Å². The molecule has 1 aromatic rings. The highest BCUT2D eigenvalue weighted by atomic mass is 32.1. The van der Waals surface area contributed by atoms with Gasteiger partial charge in [-0.1, -0.05) is 18.6 Å². The maximum absolute atomic E-state index is 4.20. The number of hydrogen-bond donors (Lipinski definition) is 1. The molecule has 0 aromatic carbocycles. The summed E-state index contributed by atoms with van der Waals surface area (Å²) in [5, 5.41) is 6.26. The van der Waals surface area contributed by atoms with Crippen molar-refractivity contribution in [2.45, 2.75) is 20.3 Å². The van der Waals surface area contributed by atoms with Crippen molar-refractivity contribution in [3.05, 3.63) is 35.0 Å². The SMILES string of the molecule is CC1=CC(Nc2nccs2)=CC(C)C1. The molecule has 0 bridgehead atoms. The third kappa shape index (κ3) is 2.23. The minimum absolute atomic E-state index is 0.627. The number of nitrogens with one attached hydrogen (secondary N) is 1. The molecule has 0 amide bonds. The Morgan fingerprint density at radius 2 is 2.43 bits per heavy atom. The van der Waals surface area contributed by atoms with Crippen molar-refractivity contribution < 1.29 is 0 Å². The number of thiazole rings is 1. The molecular formula is C11H14N2S. The molecule has 1 atom stereocenters. The molecule has 0 aliphatic heterocycles. The molecule has 0 spiro atoms. The van der Waals surface area contributed by atoms with E-state index in [4.69, 9.17) is 0 Å². The van der Waals surface area contributed by atoms with Crippen LogP contribution in [0.25, 0.3) is 0 Å². The van der Waals surface area contributed by atoms with Crippen LogP contribution >= 0.6 is 11.3 Å². The van der Waals surface area contributed by atoms with E-state index in [1.54, 1.807) is 11.3 Å². The van der Waals surface area contributed by atoms with Crippen LogP contribution in [0.1, 0.15) is 20.3 Å². The van der Waals surface area contributed by atoms with Crippen LogP contribution in [0.5, 0.6) is 0 Å². The Morgan fingerprint density at radius 1 is 1.57 bits per heavy atom. The molecule has 2 nitrogen and oxygen atoms in total. The van der Waals surface area contributed by atoms with Gasteiger partial charge in [0, 0.05) is 17.3 Å². The van der Waals surface area contributed by atoms with Crippen LogP contribution in [-0.2, 0) is 0 Å². The largest absolute Gasteiger partial charge is 0.332 e. The van der Waals surface area contributed by atoms with Crippen LogP contribution in [0.3, 0.4) is 0 Å². The molecule has 1 heterocycles. The van der Waals surface area contributed by atoms with E-state index >= 15 is 0 Å². The average molecular weight is 206 g/mol. The van der Waals surface area contributed by atoms with Crippen molar-refractivity contribution in [1.82, 2.24) is 4.98 Å². The van der Waals surface area contributed by atoms with Crippen molar-refractivity contribution in [2.24, 2.45) is 5.92 Å². The number of allylic oxidation sites excluding steroid dienone is 3. The molecule has 3 heteroatoms. The molecule has 1 unspecified atom stereocenters. The molecule has 1 aliphatic rings. The Balaban J connectivity index is 2.11. The van der Waals surface area contributed by atoms with E-state index in [0.717, 1.165) is 5.13 Å². The Hall–Kier alpha value is -1.09. The van der Waals surface area contributed by atoms with Gasteiger partial charge < -0.3 is 5.32 Å². The molecule has 0 fully saturated rings. The number of nitrogens with zero attached hydrogens (tertiary/aromatic N) is 1. The second kappa shape index (κ2) is 3.96. The van der Waals surface area contributed by atoms with Gasteiger partial charge in [0.05, 0.1) is 0 Å². The summed E-state index contributed by atoms with van der Waals surface area (Å²) in [6, 6.07) is 0. The lowest BCUT2D eigenvalue weighted by Gasteiger charge is -2.16. The van der Waals surface area contributed by atoms with Crippen LogP contribution in [0.15, 0.2) is 35.0 Å². The fraction of sp³-hybridized carbons (Fsp3) is 0.364. The fourth-order valence-electron chi connectivity index (χ4n) is 1.73. The topological polar surface area (TPSA) is 24.9 Å². The van der Waals surface area contributed by atoms with Crippen molar-refractivity contribution >= 4 is 16.5 Å². The van der Waals surface area contributed by atoms with Crippen molar-refractivity contribution in [1.29, 1.82) is 0 Å². The lowest BCUT2D eigenvalue weighted by molar-refractivity contribution is 0.700. The molecule has 0 saturated carbocycles. The lowest BCUT2D eigenvalue weighted by atomic mass is 9.95. The molecule has 0 saturated heterocycles. The fourth-order valence-corrected chi connectivity index (χ4v) is 2.28. The first-order valence-electron chi connectivity index (χ1n) is 4.79. The minimum Gasteiger partial charge on any atom is -0.332 e. The van der Waals surface area contributed by atoms with Gasteiger partial charge in [-0.05, 0) is 25.3 Å². The summed E-state index contributed by atoms with van der Waals surface area (Å²) in [5.74, 6) is 0.627. The van der Waals surface area contributed by atoms with Crippen LogP contribution < -0.4 is 5.32 Å². The highest BCUT2D eigenvalue weighted by molar-refractivity contribution is 7.13. The molecule has 2 rings (SSSR count).